The number of benzene rings is 1. The van der Waals surface area contributed by atoms with Gasteiger partial charge in [-0.05, 0) is 18.1 Å². The second kappa shape index (κ2) is 6.58. The van der Waals surface area contributed by atoms with E-state index in [-0.39, 0.29) is 0 Å². The Morgan fingerprint density at radius 3 is 2.35 bits per heavy atom. The fourth-order valence-corrected chi connectivity index (χ4v) is 2.59. The first-order chi connectivity index (χ1) is 8.16. The van der Waals surface area contributed by atoms with Crippen molar-refractivity contribution in [2.75, 3.05) is 14.2 Å². The lowest BCUT2D eigenvalue weighted by molar-refractivity contribution is 0.282. The Labute approximate surface area is 102 Å². The van der Waals surface area contributed by atoms with Crippen LogP contribution in [0.1, 0.15) is 18.9 Å². The van der Waals surface area contributed by atoms with E-state index in [2.05, 4.69) is 5.73 Å². The van der Waals surface area contributed by atoms with Crippen molar-refractivity contribution in [2.45, 2.75) is 13.3 Å². The molecule has 4 heteroatoms. The minimum Gasteiger partial charge on any atom is -0.308 e. The summed E-state index contributed by atoms with van der Waals surface area (Å²) in [7, 11) is -0.396. The van der Waals surface area contributed by atoms with E-state index in [1.54, 1.807) is 6.08 Å². The molecule has 92 valence electrons. The summed E-state index contributed by atoms with van der Waals surface area (Å²) >= 11 is 0. The number of hydrogen-bond donors (Lipinski definition) is 0. The molecule has 0 saturated heterocycles. The first kappa shape index (κ1) is 14.0. The summed E-state index contributed by atoms with van der Waals surface area (Å²) in [5.74, 6) is 0. The molecule has 0 bridgehead atoms. The molecule has 0 heterocycles. The highest BCUT2D eigenvalue weighted by Crippen LogP contribution is 2.55. The molecule has 0 N–H and O–H groups in total. The van der Waals surface area contributed by atoms with E-state index < -0.39 is 7.60 Å². The van der Waals surface area contributed by atoms with Crippen molar-refractivity contribution in [3.63, 3.8) is 0 Å². The molecule has 0 amide bonds. The third kappa shape index (κ3) is 3.69. The van der Waals surface area contributed by atoms with E-state index in [4.69, 9.17) is 9.05 Å². The van der Waals surface area contributed by atoms with Crippen LogP contribution in [0, 0.1) is 0 Å². The molecule has 0 radical (unpaired) electrons. The highest BCUT2D eigenvalue weighted by molar-refractivity contribution is 7.58. The molecule has 0 spiro atoms. The van der Waals surface area contributed by atoms with Gasteiger partial charge < -0.3 is 9.05 Å². The molecule has 0 atom stereocenters. The zero-order chi connectivity index (χ0) is 12.7. The average Bonchev–Trinajstić information content (AvgIpc) is 2.40. The monoisotopic (exact) mass is 252 g/mol. The van der Waals surface area contributed by atoms with Gasteiger partial charge >= 0.3 is 7.60 Å². The van der Waals surface area contributed by atoms with Crippen LogP contribution in [0.3, 0.4) is 0 Å². The van der Waals surface area contributed by atoms with E-state index in [1.807, 2.05) is 37.3 Å². The van der Waals surface area contributed by atoms with E-state index in [1.165, 1.54) is 14.2 Å². The quantitative estimate of drug-likeness (QED) is 0.585. The van der Waals surface area contributed by atoms with Crippen molar-refractivity contribution >= 4 is 13.7 Å². The Kier molecular flexibility index (Phi) is 5.40. The summed E-state index contributed by atoms with van der Waals surface area (Å²) in [5.41, 5.74) is 4.00. The molecule has 0 aliphatic carbocycles. The Morgan fingerprint density at radius 2 is 1.88 bits per heavy atom. The second-order valence-corrected chi connectivity index (χ2v) is 5.63. The van der Waals surface area contributed by atoms with E-state index in [0.29, 0.717) is 11.7 Å². The first-order valence-corrected chi connectivity index (χ1v) is 6.93. The van der Waals surface area contributed by atoms with Crippen molar-refractivity contribution < 1.29 is 13.6 Å². The molecular formula is C13H17O3P. The Bertz CT molecular complexity index is 451. The third-order valence-electron chi connectivity index (χ3n) is 2.35. The van der Waals surface area contributed by atoms with Crippen LogP contribution in [-0.2, 0) is 13.6 Å². The molecule has 3 nitrogen and oxygen atoms in total. The van der Waals surface area contributed by atoms with Crippen LogP contribution >= 0.6 is 7.60 Å². The van der Waals surface area contributed by atoms with Gasteiger partial charge in [0.25, 0.3) is 0 Å². The fourth-order valence-electron chi connectivity index (χ4n) is 1.39. The molecule has 0 aliphatic rings. The van der Waals surface area contributed by atoms with Crippen LogP contribution in [-0.4, -0.2) is 14.2 Å². The number of allylic oxidation sites excluding steroid dienone is 1. The minimum absolute atomic E-state index is 0.548. The van der Waals surface area contributed by atoms with Crippen LogP contribution in [0.25, 0.3) is 6.08 Å². The maximum atomic E-state index is 12.1. The van der Waals surface area contributed by atoms with Crippen molar-refractivity contribution in [1.82, 2.24) is 0 Å². The zero-order valence-corrected chi connectivity index (χ0v) is 11.2. The Hall–Kier alpha value is -1.11. The lowest BCUT2D eigenvalue weighted by Gasteiger charge is -2.13. The minimum atomic E-state index is -3.15. The normalized spacial score (nSPS) is 10.8. The Balaban J connectivity index is 3.11. The van der Waals surface area contributed by atoms with Crippen molar-refractivity contribution in [2.24, 2.45) is 0 Å². The van der Waals surface area contributed by atoms with Gasteiger partial charge in [-0.1, -0.05) is 37.3 Å². The highest BCUT2D eigenvalue weighted by atomic mass is 31.2. The molecule has 0 aliphatic heterocycles. The van der Waals surface area contributed by atoms with Gasteiger partial charge in [-0.15, -0.1) is 5.73 Å². The van der Waals surface area contributed by atoms with Gasteiger partial charge in [-0.3, -0.25) is 4.57 Å². The summed E-state index contributed by atoms with van der Waals surface area (Å²) in [6.07, 6.45) is 2.35. The molecular weight excluding hydrogens is 235 g/mol. The SMILES string of the molecule is CCC(=C=Cc1ccccc1)P(=O)(OC)OC. The zero-order valence-electron chi connectivity index (χ0n) is 10.3. The third-order valence-corrected chi connectivity index (χ3v) is 4.42. The summed E-state index contributed by atoms with van der Waals surface area (Å²) in [5, 5.41) is 0.548. The molecule has 1 rings (SSSR count). The topological polar surface area (TPSA) is 35.5 Å². The largest absolute Gasteiger partial charge is 0.364 e. The van der Waals surface area contributed by atoms with Crippen molar-refractivity contribution in [1.29, 1.82) is 0 Å². The van der Waals surface area contributed by atoms with E-state index in [0.717, 1.165) is 5.56 Å². The summed E-state index contributed by atoms with van der Waals surface area (Å²) in [4.78, 5) is 0. The van der Waals surface area contributed by atoms with Gasteiger partial charge in [0, 0.05) is 14.2 Å². The summed E-state index contributed by atoms with van der Waals surface area (Å²) in [6, 6.07) is 9.71. The second-order valence-electron chi connectivity index (χ2n) is 3.36. The van der Waals surface area contributed by atoms with Crippen molar-refractivity contribution in [3.05, 3.63) is 46.9 Å². The lowest BCUT2D eigenvalue weighted by atomic mass is 10.2. The maximum Gasteiger partial charge on any atom is 0.364 e. The standard InChI is InChI=1S/C13H17O3P/c1-4-13(17(14,15-2)16-3)11-10-12-8-6-5-7-9-12/h5-10H,4H2,1-3H3. The van der Waals surface area contributed by atoms with Crippen LogP contribution < -0.4 is 0 Å². The van der Waals surface area contributed by atoms with Gasteiger partial charge in [0.15, 0.2) is 0 Å². The molecule has 0 saturated carbocycles. The average molecular weight is 252 g/mol. The number of hydrogen-bond acceptors (Lipinski definition) is 3. The van der Waals surface area contributed by atoms with Gasteiger partial charge in [0.2, 0.25) is 0 Å². The van der Waals surface area contributed by atoms with Gasteiger partial charge in [0.1, 0.15) is 0 Å². The van der Waals surface area contributed by atoms with Crippen LogP contribution in [0.4, 0.5) is 0 Å². The summed E-state index contributed by atoms with van der Waals surface area (Å²) in [6.45, 7) is 1.89. The summed E-state index contributed by atoms with van der Waals surface area (Å²) < 4.78 is 22.0. The van der Waals surface area contributed by atoms with Gasteiger partial charge in [-0.25, -0.2) is 0 Å². The predicted octanol–water partition coefficient (Wildman–Crippen LogP) is 4.08. The lowest BCUT2D eigenvalue weighted by Crippen LogP contribution is -1.91. The van der Waals surface area contributed by atoms with E-state index >= 15 is 0 Å². The highest BCUT2D eigenvalue weighted by Gasteiger charge is 2.25. The molecule has 17 heavy (non-hydrogen) atoms. The van der Waals surface area contributed by atoms with Gasteiger partial charge in [0.05, 0.1) is 5.31 Å². The molecule has 0 fully saturated rings. The molecule has 1 aromatic rings. The molecule has 0 unspecified atom stereocenters. The smallest absolute Gasteiger partial charge is 0.308 e. The predicted molar refractivity (Wildman–Crippen MR) is 69.8 cm³/mol. The number of rotatable bonds is 5. The van der Waals surface area contributed by atoms with Crippen molar-refractivity contribution in [3.8, 4) is 0 Å². The maximum absolute atomic E-state index is 12.1. The Morgan fingerprint density at radius 1 is 1.29 bits per heavy atom. The van der Waals surface area contributed by atoms with Crippen LogP contribution in [0.15, 0.2) is 41.4 Å². The van der Waals surface area contributed by atoms with Crippen LogP contribution in [0.2, 0.25) is 0 Å². The fraction of sp³-hybridized carbons (Fsp3) is 0.308. The van der Waals surface area contributed by atoms with E-state index in [9.17, 15) is 4.57 Å². The molecule has 1 aromatic carbocycles. The van der Waals surface area contributed by atoms with Gasteiger partial charge in [-0.2, -0.15) is 0 Å². The van der Waals surface area contributed by atoms with Crippen LogP contribution in [0.5, 0.6) is 0 Å². The first-order valence-electron chi connectivity index (χ1n) is 5.39. The molecule has 0 aromatic heterocycles.